The van der Waals surface area contributed by atoms with Gasteiger partial charge in [-0.25, -0.2) is 0 Å². The second kappa shape index (κ2) is 6.22. The molecule has 21 heavy (non-hydrogen) atoms. The Bertz CT molecular complexity index is 601. The summed E-state index contributed by atoms with van der Waals surface area (Å²) in [5, 5.41) is 29.0. The van der Waals surface area contributed by atoms with E-state index >= 15 is 0 Å². The number of piperidine rings is 1. The van der Waals surface area contributed by atoms with Crippen molar-refractivity contribution in [2.24, 2.45) is 5.92 Å². The van der Waals surface area contributed by atoms with Gasteiger partial charge in [0.1, 0.15) is 17.3 Å². The van der Waals surface area contributed by atoms with E-state index in [4.69, 9.17) is 10.4 Å². The third-order valence-electron chi connectivity index (χ3n) is 3.74. The van der Waals surface area contributed by atoms with Gasteiger partial charge in [0.05, 0.1) is 4.92 Å². The maximum Gasteiger partial charge on any atom is 0.310 e. The Balaban J connectivity index is 2.19. The molecule has 110 valence electrons. The summed E-state index contributed by atoms with van der Waals surface area (Å²) in [5.74, 6) is -0.706. The van der Waals surface area contributed by atoms with E-state index in [1.807, 2.05) is 11.0 Å². The molecule has 0 aliphatic carbocycles. The Labute approximate surface area is 121 Å². The van der Waals surface area contributed by atoms with Crippen LogP contribution in [0.5, 0.6) is 0 Å². The second-order valence-electron chi connectivity index (χ2n) is 5.07. The number of hydrogen-bond acceptors (Lipinski definition) is 5. The fourth-order valence-electron chi connectivity index (χ4n) is 2.69. The number of rotatable bonds is 4. The van der Waals surface area contributed by atoms with Gasteiger partial charge in [-0.1, -0.05) is 6.07 Å². The van der Waals surface area contributed by atoms with Crippen LogP contribution in [0.4, 0.5) is 11.4 Å². The largest absolute Gasteiger partial charge is 0.481 e. The van der Waals surface area contributed by atoms with Crippen LogP contribution >= 0.6 is 0 Å². The molecule has 0 radical (unpaired) electrons. The molecular formula is C14H15N3O4. The first-order valence-electron chi connectivity index (χ1n) is 6.67. The van der Waals surface area contributed by atoms with Gasteiger partial charge in [0.2, 0.25) is 0 Å². The van der Waals surface area contributed by atoms with Crippen LogP contribution in [0, 0.1) is 27.4 Å². The molecule has 0 atom stereocenters. The summed E-state index contributed by atoms with van der Waals surface area (Å²) < 4.78 is 0. The van der Waals surface area contributed by atoms with Crippen molar-refractivity contribution in [2.45, 2.75) is 19.3 Å². The van der Waals surface area contributed by atoms with Crippen LogP contribution in [-0.4, -0.2) is 29.1 Å². The Morgan fingerprint density at radius 2 is 2.14 bits per heavy atom. The van der Waals surface area contributed by atoms with Crippen molar-refractivity contribution in [2.75, 3.05) is 18.0 Å². The maximum atomic E-state index is 11.2. The van der Waals surface area contributed by atoms with Crippen LogP contribution in [0.2, 0.25) is 0 Å². The molecule has 1 aromatic carbocycles. The fourth-order valence-corrected chi connectivity index (χ4v) is 2.69. The quantitative estimate of drug-likeness (QED) is 0.672. The average Bonchev–Trinajstić information content (AvgIpc) is 2.46. The zero-order chi connectivity index (χ0) is 15.4. The van der Waals surface area contributed by atoms with E-state index in [0.717, 1.165) is 0 Å². The van der Waals surface area contributed by atoms with Gasteiger partial charge in [0.15, 0.2) is 0 Å². The number of nitro groups is 1. The van der Waals surface area contributed by atoms with Gasteiger partial charge in [-0.05, 0) is 30.9 Å². The Morgan fingerprint density at radius 3 is 2.67 bits per heavy atom. The summed E-state index contributed by atoms with van der Waals surface area (Å²) in [6.07, 6.45) is 1.49. The van der Waals surface area contributed by atoms with Crippen LogP contribution in [0.1, 0.15) is 24.8 Å². The standard InChI is InChI=1S/C14H15N3O4/c15-9-11-2-1-3-12(14(11)17(20)21)16-6-4-10(5-7-16)8-13(18)19/h1-3,10H,4-8H2,(H,18,19). The summed E-state index contributed by atoms with van der Waals surface area (Å²) in [4.78, 5) is 23.2. The lowest BCUT2D eigenvalue weighted by Gasteiger charge is -2.32. The highest BCUT2D eigenvalue weighted by Gasteiger charge is 2.27. The van der Waals surface area contributed by atoms with Crippen molar-refractivity contribution in [1.29, 1.82) is 5.26 Å². The molecule has 0 spiro atoms. The van der Waals surface area contributed by atoms with Crippen LogP contribution < -0.4 is 4.90 Å². The molecule has 1 N–H and O–H groups in total. The number of hydrogen-bond donors (Lipinski definition) is 1. The number of para-hydroxylation sites is 1. The molecule has 0 saturated carbocycles. The number of nitriles is 1. The number of benzene rings is 1. The van der Waals surface area contributed by atoms with Gasteiger partial charge < -0.3 is 10.0 Å². The molecule has 1 saturated heterocycles. The molecule has 1 fully saturated rings. The first-order valence-corrected chi connectivity index (χ1v) is 6.67. The lowest BCUT2D eigenvalue weighted by atomic mass is 9.93. The van der Waals surface area contributed by atoms with E-state index < -0.39 is 10.9 Å². The van der Waals surface area contributed by atoms with Crippen LogP contribution in [-0.2, 0) is 4.79 Å². The number of carboxylic acids is 1. The van der Waals surface area contributed by atoms with Gasteiger partial charge >= 0.3 is 11.7 Å². The van der Waals surface area contributed by atoms with Crippen molar-refractivity contribution in [3.8, 4) is 6.07 Å². The highest BCUT2D eigenvalue weighted by atomic mass is 16.6. The van der Waals surface area contributed by atoms with E-state index in [9.17, 15) is 14.9 Å². The summed E-state index contributed by atoms with van der Waals surface area (Å²) in [6, 6.07) is 6.54. The number of carbonyl (C=O) groups is 1. The zero-order valence-corrected chi connectivity index (χ0v) is 11.4. The fraction of sp³-hybridized carbons (Fsp3) is 0.429. The molecule has 0 bridgehead atoms. The van der Waals surface area contributed by atoms with E-state index in [1.54, 1.807) is 12.1 Å². The first kappa shape index (κ1) is 14.8. The number of nitrogens with zero attached hydrogens (tertiary/aromatic N) is 3. The molecule has 1 aliphatic rings. The average molecular weight is 289 g/mol. The lowest BCUT2D eigenvalue weighted by molar-refractivity contribution is -0.384. The van der Waals surface area contributed by atoms with Crippen LogP contribution in [0.15, 0.2) is 18.2 Å². The molecular weight excluding hydrogens is 274 g/mol. The minimum atomic E-state index is -0.814. The normalized spacial score (nSPS) is 15.5. The Kier molecular flexibility index (Phi) is 4.38. The van der Waals surface area contributed by atoms with Crippen LogP contribution in [0.25, 0.3) is 0 Å². The Morgan fingerprint density at radius 1 is 1.48 bits per heavy atom. The molecule has 0 aromatic heterocycles. The first-order chi connectivity index (χ1) is 10.0. The number of carboxylic acid groups (broad SMARTS) is 1. The Hall–Kier alpha value is -2.62. The lowest BCUT2D eigenvalue weighted by Crippen LogP contribution is -2.34. The third-order valence-corrected chi connectivity index (χ3v) is 3.74. The topological polar surface area (TPSA) is 107 Å². The van der Waals surface area contributed by atoms with Gasteiger partial charge in [-0.3, -0.25) is 14.9 Å². The summed E-state index contributed by atoms with van der Waals surface area (Å²) in [5.41, 5.74) is 0.315. The van der Waals surface area contributed by atoms with Crippen molar-refractivity contribution in [3.63, 3.8) is 0 Å². The van der Waals surface area contributed by atoms with Gasteiger partial charge in [0.25, 0.3) is 0 Å². The molecule has 1 aliphatic heterocycles. The van der Waals surface area contributed by atoms with Crippen molar-refractivity contribution in [3.05, 3.63) is 33.9 Å². The zero-order valence-electron chi connectivity index (χ0n) is 11.4. The summed E-state index contributed by atoms with van der Waals surface area (Å²) in [7, 11) is 0. The minimum Gasteiger partial charge on any atom is -0.481 e. The molecule has 1 heterocycles. The molecule has 7 nitrogen and oxygen atoms in total. The van der Waals surface area contributed by atoms with Gasteiger partial charge in [-0.15, -0.1) is 0 Å². The van der Waals surface area contributed by atoms with E-state index in [1.165, 1.54) is 6.07 Å². The number of nitro benzene ring substituents is 1. The van der Waals surface area contributed by atoms with E-state index in [-0.39, 0.29) is 23.6 Å². The smallest absolute Gasteiger partial charge is 0.310 e. The predicted octanol–water partition coefficient (Wildman–Crippen LogP) is 2.16. The predicted molar refractivity (Wildman–Crippen MR) is 75.0 cm³/mol. The number of anilines is 1. The highest BCUT2D eigenvalue weighted by Crippen LogP contribution is 2.34. The van der Waals surface area contributed by atoms with Crippen molar-refractivity contribution in [1.82, 2.24) is 0 Å². The maximum absolute atomic E-state index is 11.2. The van der Waals surface area contributed by atoms with E-state index in [2.05, 4.69) is 0 Å². The van der Waals surface area contributed by atoms with E-state index in [0.29, 0.717) is 31.6 Å². The van der Waals surface area contributed by atoms with Gasteiger partial charge in [0, 0.05) is 19.5 Å². The number of aliphatic carboxylic acids is 1. The SMILES string of the molecule is N#Cc1cccc(N2CCC(CC(=O)O)CC2)c1[N+](=O)[O-]. The summed E-state index contributed by atoms with van der Waals surface area (Å²) in [6.45, 7) is 1.13. The monoisotopic (exact) mass is 289 g/mol. The molecule has 2 rings (SSSR count). The summed E-state index contributed by atoms with van der Waals surface area (Å²) >= 11 is 0. The molecule has 1 aromatic rings. The third kappa shape index (κ3) is 3.28. The molecule has 0 amide bonds. The van der Waals surface area contributed by atoms with Crippen molar-refractivity contribution >= 4 is 17.3 Å². The highest BCUT2D eigenvalue weighted by molar-refractivity contribution is 5.70. The second-order valence-corrected chi connectivity index (χ2v) is 5.07. The van der Waals surface area contributed by atoms with Crippen molar-refractivity contribution < 1.29 is 14.8 Å². The molecule has 7 heteroatoms. The minimum absolute atomic E-state index is 0.0464. The van der Waals surface area contributed by atoms with Gasteiger partial charge in [-0.2, -0.15) is 5.26 Å². The van der Waals surface area contributed by atoms with Crippen LogP contribution in [0.3, 0.4) is 0 Å². The molecule has 0 unspecified atom stereocenters.